The first-order chi connectivity index (χ1) is 9.99. The van der Waals surface area contributed by atoms with Gasteiger partial charge in [-0.1, -0.05) is 11.8 Å². The van der Waals surface area contributed by atoms with E-state index in [1.165, 1.54) is 0 Å². The normalized spacial score (nSPS) is 21.6. The van der Waals surface area contributed by atoms with Gasteiger partial charge in [-0.05, 0) is 44.5 Å². The highest BCUT2D eigenvalue weighted by Gasteiger charge is 2.26. The maximum atomic E-state index is 12.6. The summed E-state index contributed by atoms with van der Waals surface area (Å²) in [6, 6.07) is 5.56. The number of aliphatic hydroxyl groups excluding tert-OH is 1. The zero-order chi connectivity index (χ0) is 15.4. The summed E-state index contributed by atoms with van der Waals surface area (Å²) in [6.07, 6.45) is 0.104. The number of hydrogen-bond donors (Lipinski definition) is 1. The van der Waals surface area contributed by atoms with Crippen molar-refractivity contribution in [3.05, 3.63) is 34.9 Å². The van der Waals surface area contributed by atoms with Crippen molar-refractivity contribution in [1.82, 2.24) is 4.90 Å². The third-order valence-electron chi connectivity index (χ3n) is 3.34. The van der Waals surface area contributed by atoms with Gasteiger partial charge in [0.25, 0.3) is 5.91 Å². The Morgan fingerprint density at radius 3 is 2.62 bits per heavy atom. The van der Waals surface area contributed by atoms with Gasteiger partial charge in [0.05, 0.1) is 12.2 Å². The van der Waals surface area contributed by atoms with Crippen LogP contribution in [-0.4, -0.2) is 47.8 Å². The fraction of sp³-hybridized carbons (Fsp3) is 0.471. The van der Waals surface area contributed by atoms with Gasteiger partial charge in [-0.15, -0.1) is 0 Å². The lowest BCUT2D eigenvalue weighted by Gasteiger charge is -2.35. The number of rotatable bonds is 1. The monoisotopic (exact) mass is 287 g/mol. The standard InChI is InChI=1S/C17H21NO3/c1-12-7-15(5-4-6-19)9-16(8-12)17(20)18-10-13(2)21-14(3)11-18/h7-9,13-14,19H,6,10-11H2,1-3H3/t13-,14+. The molecule has 1 saturated heterocycles. The molecule has 4 nitrogen and oxygen atoms in total. The molecule has 1 fully saturated rings. The molecule has 0 aromatic heterocycles. The molecular formula is C17H21NO3. The van der Waals surface area contributed by atoms with Crippen LogP contribution in [0.5, 0.6) is 0 Å². The minimum absolute atomic E-state index is 0.00717. The summed E-state index contributed by atoms with van der Waals surface area (Å²) in [5.41, 5.74) is 2.37. The van der Waals surface area contributed by atoms with E-state index in [0.29, 0.717) is 18.7 Å². The van der Waals surface area contributed by atoms with Gasteiger partial charge in [0.2, 0.25) is 0 Å². The van der Waals surface area contributed by atoms with Crippen molar-refractivity contribution in [2.75, 3.05) is 19.7 Å². The largest absolute Gasteiger partial charge is 0.384 e. The number of aliphatic hydroxyl groups is 1. The number of aryl methyl sites for hydroxylation is 1. The Morgan fingerprint density at radius 2 is 2.00 bits per heavy atom. The molecule has 1 amide bonds. The number of morpholine rings is 1. The Balaban J connectivity index is 2.24. The van der Waals surface area contributed by atoms with Crippen LogP contribution in [0.15, 0.2) is 18.2 Å². The number of carbonyl (C=O) groups excluding carboxylic acids is 1. The van der Waals surface area contributed by atoms with Crippen LogP contribution in [0.3, 0.4) is 0 Å². The number of amides is 1. The number of hydrogen-bond acceptors (Lipinski definition) is 3. The highest BCUT2D eigenvalue weighted by molar-refractivity contribution is 5.95. The highest BCUT2D eigenvalue weighted by Crippen LogP contribution is 2.16. The second-order valence-electron chi connectivity index (χ2n) is 5.52. The van der Waals surface area contributed by atoms with Crippen molar-refractivity contribution in [3.63, 3.8) is 0 Å². The SMILES string of the molecule is Cc1cc(C#CCO)cc(C(=O)N2C[C@@H](C)O[C@@H](C)C2)c1. The Morgan fingerprint density at radius 1 is 1.33 bits per heavy atom. The van der Waals surface area contributed by atoms with Gasteiger partial charge in [0, 0.05) is 24.2 Å². The maximum absolute atomic E-state index is 12.6. The summed E-state index contributed by atoms with van der Waals surface area (Å²) in [6.45, 7) is 6.92. The fourth-order valence-corrected chi connectivity index (χ4v) is 2.65. The molecule has 21 heavy (non-hydrogen) atoms. The van der Waals surface area contributed by atoms with Gasteiger partial charge in [-0.3, -0.25) is 4.79 Å². The molecule has 0 bridgehead atoms. The molecule has 1 aliphatic heterocycles. The molecule has 112 valence electrons. The van der Waals surface area contributed by atoms with E-state index in [1.807, 2.05) is 37.8 Å². The van der Waals surface area contributed by atoms with Crippen LogP contribution >= 0.6 is 0 Å². The van der Waals surface area contributed by atoms with Gasteiger partial charge in [-0.2, -0.15) is 0 Å². The summed E-state index contributed by atoms with van der Waals surface area (Å²) < 4.78 is 5.66. The van der Waals surface area contributed by atoms with Crippen LogP contribution in [-0.2, 0) is 4.74 Å². The van der Waals surface area contributed by atoms with E-state index in [4.69, 9.17) is 9.84 Å². The number of nitrogens with zero attached hydrogens (tertiary/aromatic N) is 1. The quantitative estimate of drug-likeness (QED) is 0.798. The maximum Gasteiger partial charge on any atom is 0.254 e. The number of benzene rings is 1. The Bertz CT molecular complexity index is 575. The first-order valence-corrected chi connectivity index (χ1v) is 7.15. The van der Waals surface area contributed by atoms with Gasteiger partial charge in [0.1, 0.15) is 6.61 Å². The minimum Gasteiger partial charge on any atom is -0.384 e. The topological polar surface area (TPSA) is 49.8 Å². The second-order valence-corrected chi connectivity index (χ2v) is 5.52. The zero-order valence-corrected chi connectivity index (χ0v) is 12.7. The van der Waals surface area contributed by atoms with Crippen LogP contribution in [0.4, 0.5) is 0 Å². The molecule has 0 unspecified atom stereocenters. The summed E-state index contributed by atoms with van der Waals surface area (Å²) in [4.78, 5) is 14.5. The Hall–Kier alpha value is -1.83. The third-order valence-corrected chi connectivity index (χ3v) is 3.34. The summed E-state index contributed by atoms with van der Waals surface area (Å²) >= 11 is 0. The first-order valence-electron chi connectivity index (χ1n) is 7.15. The second kappa shape index (κ2) is 6.75. The molecule has 1 aromatic rings. The van der Waals surface area contributed by atoms with Crippen molar-refractivity contribution < 1.29 is 14.6 Å². The van der Waals surface area contributed by atoms with E-state index < -0.39 is 0 Å². The van der Waals surface area contributed by atoms with E-state index in [2.05, 4.69) is 11.8 Å². The highest BCUT2D eigenvalue weighted by atomic mass is 16.5. The first kappa shape index (κ1) is 15.6. The van der Waals surface area contributed by atoms with Crippen molar-refractivity contribution in [2.45, 2.75) is 33.0 Å². The predicted molar refractivity (Wildman–Crippen MR) is 81.1 cm³/mol. The molecule has 1 aliphatic rings. The van der Waals surface area contributed by atoms with Gasteiger partial charge in [0.15, 0.2) is 0 Å². The average Bonchev–Trinajstić information content (AvgIpc) is 2.42. The van der Waals surface area contributed by atoms with E-state index in [0.717, 1.165) is 11.1 Å². The number of ether oxygens (including phenoxy) is 1. The van der Waals surface area contributed by atoms with E-state index in [1.54, 1.807) is 6.07 Å². The van der Waals surface area contributed by atoms with Crippen molar-refractivity contribution in [2.24, 2.45) is 0 Å². The fourth-order valence-electron chi connectivity index (χ4n) is 2.65. The van der Waals surface area contributed by atoms with E-state index in [-0.39, 0.29) is 24.7 Å². The molecule has 1 aromatic carbocycles. The molecule has 0 saturated carbocycles. The molecule has 1 heterocycles. The lowest BCUT2D eigenvalue weighted by Crippen LogP contribution is -2.48. The smallest absolute Gasteiger partial charge is 0.254 e. The number of carbonyl (C=O) groups is 1. The van der Waals surface area contributed by atoms with Crippen LogP contribution in [0.1, 0.15) is 35.3 Å². The minimum atomic E-state index is -0.185. The molecule has 2 rings (SSSR count). The predicted octanol–water partition coefficient (Wildman–Crippen LogP) is 1.59. The van der Waals surface area contributed by atoms with Gasteiger partial charge in [-0.25, -0.2) is 0 Å². The molecule has 1 N–H and O–H groups in total. The average molecular weight is 287 g/mol. The molecular weight excluding hydrogens is 266 g/mol. The lowest BCUT2D eigenvalue weighted by atomic mass is 10.0. The Kier molecular flexibility index (Phi) is 5.00. The van der Waals surface area contributed by atoms with Crippen LogP contribution < -0.4 is 0 Å². The zero-order valence-electron chi connectivity index (χ0n) is 12.7. The van der Waals surface area contributed by atoms with Crippen molar-refractivity contribution in [3.8, 4) is 11.8 Å². The Labute approximate surface area is 125 Å². The van der Waals surface area contributed by atoms with Crippen LogP contribution in [0.2, 0.25) is 0 Å². The van der Waals surface area contributed by atoms with Gasteiger partial charge < -0.3 is 14.7 Å². The molecule has 0 radical (unpaired) electrons. The molecule has 0 aliphatic carbocycles. The summed E-state index contributed by atoms with van der Waals surface area (Å²) in [7, 11) is 0. The van der Waals surface area contributed by atoms with E-state index >= 15 is 0 Å². The van der Waals surface area contributed by atoms with Crippen LogP contribution in [0, 0.1) is 18.8 Å². The third kappa shape index (κ3) is 4.07. The summed E-state index contributed by atoms with van der Waals surface area (Å²) in [5, 5.41) is 8.77. The van der Waals surface area contributed by atoms with Crippen LogP contribution in [0.25, 0.3) is 0 Å². The van der Waals surface area contributed by atoms with Gasteiger partial charge >= 0.3 is 0 Å². The molecule has 0 spiro atoms. The lowest BCUT2D eigenvalue weighted by molar-refractivity contribution is -0.0586. The molecule has 4 heteroatoms. The van der Waals surface area contributed by atoms with E-state index in [9.17, 15) is 4.79 Å². The van der Waals surface area contributed by atoms with Crippen molar-refractivity contribution >= 4 is 5.91 Å². The molecule has 2 atom stereocenters. The van der Waals surface area contributed by atoms with Crippen molar-refractivity contribution in [1.29, 1.82) is 0 Å². The summed E-state index contributed by atoms with van der Waals surface area (Å²) in [5.74, 6) is 5.47.